The van der Waals surface area contributed by atoms with Gasteiger partial charge in [-0.15, -0.1) is 5.11 Å². The van der Waals surface area contributed by atoms with Crippen molar-refractivity contribution in [3.05, 3.63) is 81.4 Å². The summed E-state index contributed by atoms with van der Waals surface area (Å²) in [6.45, 7) is 1.77. The highest BCUT2D eigenvalue weighted by Crippen LogP contribution is 2.31. The van der Waals surface area contributed by atoms with Crippen molar-refractivity contribution in [2.24, 2.45) is 10.2 Å². The molecule has 0 amide bonds. The molecular weight excluding hydrogens is 502 g/mol. The minimum atomic E-state index is -4.85. The Bertz CT molecular complexity index is 1600. The number of aromatic hydroxyl groups is 1. The molecule has 0 radical (unpaired) electrons. The average molecular weight is 520 g/mol. The fourth-order valence-corrected chi connectivity index (χ4v) is 4.36. The lowest BCUT2D eigenvalue weighted by molar-refractivity contribution is -0.385. The maximum absolute atomic E-state index is 11.9. The third-order valence-electron chi connectivity index (χ3n) is 4.61. The van der Waals surface area contributed by atoms with Crippen molar-refractivity contribution in [2.45, 2.75) is 16.7 Å². The molecule has 0 aliphatic heterocycles. The second-order valence-corrected chi connectivity index (χ2v) is 9.96. The van der Waals surface area contributed by atoms with Gasteiger partial charge in [-0.05, 0) is 53.9 Å². The Morgan fingerprint density at radius 1 is 0.829 bits per heavy atom. The third-order valence-corrected chi connectivity index (χ3v) is 6.43. The molecule has 3 N–H and O–H groups in total. The zero-order valence-corrected chi connectivity index (χ0v) is 19.4. The molecule has 35 heavy (non-hydrogen) atoms. The van der Waals surface area contributed by atoms with Gasteiger partial charge in [-0.2, -0.15) is 21.9 Å². The highest BCUT2D eigenvalue weighted by molar-refractivity contribution is 7.86. The molecule has 3 aromatic rings. The van der Waals surface area contributed by atoms with Crippen molar-refractivity contribution in [3.63, 3.8) is 0 Å². The molecule has 12 nitrogen and oxygen atoms in total. The lowest BCUT2D eigenvalue weighted by Gasteiger charge is -2.06. The van der Waals surface area contributed by atoms with Gasteiger partial charge in [0.25, 0.3) is 25.9 Å². The summed E-state index contributed by atoms with van der Waals surface area (Å²) in [5.74, 6) is -0.147. The van der Waals surface area contributed by atoms with Crippen LogP contribution in [0.4, 0.5) is 17.1 Å². The number of nitro benzene ring substituents is 1. The summed E-state index contributed by atoms with van der Waals surface area (Å²) >= 11 is 0. The molecule has 14 heteroatoms. The Labute approximate surface area is 199 Å². The fourth-order valence-electron chi connectivity index (χ4n) is 2.95. The van der Waals surface area contributed by atoms with Gasteiger partial charge in [0.2, 0.25) is 0 Å². The van der Waals surface area contributed by atoms with Crippen molar-refractivity contribution in [3.8, 4) is 5.75 Å². The van der Waals surface area contributed by atoms with Crippen molar-refractivity contribution >= 4 is 49.5 Å². The Kier molecular flexibility index (Phi) is 7.11. The van der Waals surface area contributed by atoms with E-state index < -0.39 is 40.6 Å². The summed E-state index contributed by atoms with van der Waals surface area (Å²) in [4.78, 5) is 8.73. The smallest absolute Gasteiger partial charge is 0.295 e. The maximum Gasteiger partial charge on any atom is 0.295 e. The number of phenols is 1. The zero-order chi connectivity index (χ0) is 26.0. The first-order valence-electron chi connectivity index (χ1n) is 9.52. The molecule has 0 saturated heterocycles. The number of hydrogen-bond donors (Lipinski definition) is 3. The van der Waals surface area contributed by atoms with Crippen LogP contribution in [-0.2, 0) is 20.2 Å². The van der Waals surface area contributed by atoms with E-state index in [4.69, 9.17) is 0 Å². The standard InChI is InChI=1S/C21H17N3O9S2/c1-13-2-9-19(25)18(10-13)23-22-16-7-5-14(20(11-16)34(28,29)30)3-4-15-6-8-17(24(26)27)12-21(15)35(31,32)33/h2-12,25H,1H3,(H,28,29,30)(H,31,32,33)/b4-3+,23-22?. The normalized spacial score (nSPS) is 12.4. The number of benzene rings is 3. The van der Waals surface area contributed by atoms with Gasteiger partial charge in [0.05, 0.1) is 10.6 Å². The highest BCUT2D eigenvalue weighted by atomic mass is 32.2. The molecule has 0 fully saturated rings. The molecule has 0 heterocycles. The van der Waals surface area contributed by atoms with Crippen molar-refractivity contribution in [2.75, 3.05) is 0 Å². The first kappa shape index (κ1) is 25.6. The van der Waals surface area contributed by atoms with E-state index in [9.17, 15) is 41.2 Å². The van der Waals surface area contributed by atoms with Crippen LogP contribution in [-0.4, -0.2) is 36.0 Å². The Balaban J connectivity index is 2.04. The van der Waals surface area contributed by atoms with Gasteiger partial charge < -0.3 is 5.11 Å². The lowest BCUT2D eigenvalue weighted by Crippen LogP contribution is -2.02. The van der Waals surface area contributed by atoms with E-state index in [1.165, 1.54) is 18.2 Å². The SMILES string of the molecule is Cc1ccc(O)c(N=Nc2ccc(/C=C/c3ccc([N+](=O)[O-])cc3S(=O)(=O)O)c(S(=O)(=O)O)c2)c1. The molecule has 3 aromatic carbocycles. The van der Waals surface area contributed by atoms with Crippen LogP contribution in [0.2, 0.25) is 0 Å². The summed E-state index contributed by atoms with van der Waals surface area (Å²) in [5, 5.41) is 28.5. The van der Waals surface area contributed by atoms with Gasteiger partial charge in [0, 0.05) is 12.1 Å². The van der Waals surface area contributed by atoms with Crippen LogP contribution >= 0.6 is 0 Å². The molecule has 0 aromatic heterocycles. The minimum Gasteiger partial charge on any atom is -0.506 e. The first-order valence-corrected chi connectivity index (χ1v) is 12.4. The topological polar surface area (TPSA) is 197 Å². The summed E-state index contributed by atoms with van der Waals surface area (Å²) in [5.41, 5.74) is 0.125. The second-order valence-electron chi connectivity index (χ2n) is 7.18. The average Bonchev–Trinajstić information content (AvgIpc) is 2.77. The Morgan fingerprint density at radius 3 is 1.97 bits per heavy atom. The number of nitrogens with zero attached hydrogens (tertiary/aromatic N) is 3. The van der Waals surface area contributed by atoms with Crippen molar-refractivity contribution in [1.29, 1.82) is 0 Å². The molecule has 0 aliphatic carbocycles. The number of non-ortho nitro benzene ring substituents is 1. The van der Waals surface area contributed by atoms with E-state index in [1.54, 1.807) is 19.1 Å². The predicted octanol–water partition coefficient (Wildman–Crippen LogP) is 4.69. The molecule has 0 aliphatic rings. The molecule has 182 valence electrons. The van der Waals surface area contributed by atoms with Gasteiger partial charge in [-0.1, -0.05) is 24.3 Å². The Morgan fingerprint density at radius 2 is 1.40 bits per heavy atom. The molecule has 0 bridgehead atoms. The van der Waals surface area contributed by atoms with Crippen LogP contribution in [0, 0.1) is 17.0 Å². The van der Waals surface area contributed by atoms with Gasteiger partial charge in [0.15, 0.2) is 0 Å². The van der Waals surface area contributed by atoms with Crippen LogP contribution < -0.4 is 0 Å². The van der Waals surface area contributed by atoms with Gasteiger partial charge >= 0.3 is 0 Å². The van der Waals surface area contributed by atoms with Crippen LogP contribution in [0.25, 0.3) is 12.2 Å². The van der Waals surface area contributed by atoms with Gasteiger partial charge in [0.1, 0.15) is 21.2 Å². The predicted molar refractivity (Wildman–Crippen MR) is 125 cm³/mol. The highest BCUT2D eigenvalue weighted by Gasteiger charge is 2.20. The van der Waals surface area contributed by atoms with E-state index in [0.29, 0.717) is 6.07 Å². The number of rotatable bonds is 7. The molecule has 0 unspecified atom stereocenters. The summed E-state index contributed by atoms with van der Waals surface area (Å²) in [7, 11) is -9.62. The van der Waals surface area contributed by atoms with E-state index in [1.807, 2.05) is 0 Å². The molecular formula is C21H17N3O9S2. The lowest BCUT2D eigenvalue weighted by atomic mass is 10.1. The van der Waals surface area contributed by atoms with Gasteiger partial charge in [-0.25, -0.2) is 0 Å². The van der Waals surface area contributed by atoms with Crippen LogP contribution in [0.5, 0.6) is 5.75 Å². The van der Waals surface area contributed by atoms with E-state index in [-0.39, 0.29) is 28.3 Å². The summed E-state index contributed by atoms with van der Waals surface area (Å²) in [6, 6.07) is 11.0. The third kappa shape index (κ3) is 6.33. The largest absolute Gasteiger partial charge is 0.506 e. The monoisotopic (exact) mass is 519 g/mol. The van der Waals surface area contributed by atoms with E-state index >= 15 is 0 Å². The number of nitro groups is 1. The van der Waals surface area contributed by atoms with Crippen LogP contribution in [0.15, 0.2) is 74.6 Å². The van der Waals surface area contributed by atoms with E-state index in [2.05, 4.69) is 10.2 Å². The fraction of sp³-hybridized carbons (Fsp3) is 0.0476. The van der Waals surface area contributed by atoms with Gasteiger partial charge in [-0.3, -0.25) is 19.2 Å². The van der Waals surface area contributed by atoms with Crippen molar-refractivity contribution in [1.82, 2.24) is 0 Å². The number of aryl methyl sites for hydroxylation is 1. The number of azo groups is 1. The quantitative estimate of drug-likeness (QED) is 0.130. The summed E-state index contributed by atoms with van der Waals surface area (Å²) in [6.07, 6.45) is 2.23. The first-order chi connectivity index (χ1) is 16.3. The van der Waals surface area contributed by atoms with Crippen LogP contribution in [0.1, 0.15) is 16.7 Å². The van der Waals surface area contributed by atoms with Crippen molar-refractivity contribution < 1.29 is 36.0 Å². The number of hydrogen-bond acceptors (Lipinski definition) is 9. The van der Waals surface area contributed by atoms with Crippen LogP contribution in [0.3, 0.4) is 0 Å². The zero-order valence-electron chi connectivity index (χ0n) is 17.8. The molecule has 0 spiro atoms. The molecule has 3 rings (SSSR count). The summed E-state index contributed by atoms with van der Waals surface area (Å²) < 4.78 is 66.3. The second kappa shape index (κ2) is 9.71. The molecule has 0 saturated carbocycles. The maximum atomic E-state index is 11.9. The minimum absolute atomic E-state index is 0.0182. The Hall–Kier alpha value is -3.98. The number of phenolic OH excluding ortho intramolecular Hbond substituents is 1. The van der Waals surface area contributed by atoms with E-state index in [0.717, 1.165) is 35.9 Å². The molecule has 0 atom stereocenters.